The predicted molar refractivity (Wildman–Crippen MR) is 65.9 cm³/mol. The molecule has 0 aliphatic carbocycles. The van der Waals surface area contributed by atoms with E-state index in [1.54, 1.807) is 13.0 Å². The van der Waals surface area contributed by atoms with E-state index in [0.717, 1.165) is 32.0 Å². The van der Waals surface area contributed by atoms with Crippen molar-refractivity contribution in [2.45, 2.75) is 19.8 Å². The van der Waals surface area contributed by atoms with Crippen LogP contribution < -0.4 is 4.90 Å². The number of anilines is 1. The molecule has 0 N–H and O–H groups in total. The lowest BCUT2D eigenvalue weighted by atomic mass is 10.1. The van der Waals surface area contributed by atoms with Crippen molar-refractivity contribution in [1.82, 2.24) is 0 Å². The summed E-state index contributed by atoms with van der Waals surface area (Å²) < 4.78 is 0. The number of aryl methyl sites for hydroxylation is 1. The number of nitrogens with zero attached hydrogens (tertiary/aromatic N) is 3. The van der Waals surface area contributed by atoms with Gasteiger partial charge in [-0.2, -0.15) is 0 Å². The summed E-state index contributed by atoms with van der Waals surface area (Å²) in [5, 5.41) is 21.8. The van der Waals surface area contributed by atoms with Crippen molar-refractivity contribution < 1.29 is 9.85 Å². The quantitative estimate of drug-likeness (QED) is 0.607. The highest BCUT2D eigenvalue weighted by atomic mass is 16.6. The van der Waals surface area contributed by atoms with Crippen LogP contribution in [0, 0.1) is 27.2 Å². The molecule has 1 heterocycles. The van der Waals surface area contributed by atoms with Gasteiger partial charge < -0.3 is 4.90 Å². The van der Waals surface area contributed by atoms with Crippen molar-refractivity contribution >= 4 is 17.1 Å². The maximum Gasteiger partial charge on any atom is 0.299 e. The first-order valence-corrected chi connectivity index (χ1v) is 5.69. The third-order valence-corrected chi connectivity index (χ3v) is 3.13. The third kappa shape index (κ3) is 2.11. The summed E-state index contributed by atoms with van der Waals surface area (Å²) in [6.07, 6.45) is 1.99. The molecule has 0 unspecified atom stereocenters. The molecule has 0 spiro atoms. The van der Waals surface area contributed by atoms with E-state index in [1.165, 1.54) is 0 Å². The van der Waals surface area contributed by atoms with E-state index in [4.69, 9.17) is 0 Å². The maximum atomic E-state index is 11.0. The fourth-order valence-corrected chi connectivity index (χ4v) is 2.22. The van der Waals surface area contributed by atoms with Gasteiger partial charge >= 0.3 is 0 Å². The van der Waals surface area contributed by atoms with Crippen LogP contribution >= 0.6 is 0 Å². The monoisotopic (exact) mass is 251 g/mol. The first-order valence-electron chi connectivity index (χ1n) is 5.69. The van der Waals surface area contributed by atoms with Gasteiger partial charge in [0.15, 0.2) is 0 Å². The Hall–Kier alpha value is -2.18. The lowest BCUT2D eigenvalue weighted by Crippen LogP contribution is -2.19. The summed E-state index contributed by atoms with van der Waals surface area (Å²) in [5.41, 5.74) is 0.548. The summed E-state index contributed by atoms with van der Waals surface area (Å²) >= 11 is 0. The van der Waals surface area contributed by atoms with E-state index in [0.29, 0.717) is 11.3 Å². The fraction of sp³-hybridized carbons (Fsp3) is 0.455. The van der Waals surface area contributed by atoms with E-state index in [1.807, 2.05) is 4.90 Å². The zero-order valence-corrected chi connectivity index (χ0v) is 9.96. The van der Waals surface area contributed by atoms with Gasteiger partial charge in [0.1, 0.15) is 5.69 Å². The molecule has 0 atom stereocenters. The van der Waals surface area contributed by atoms with Crippen LogP contribution in [0.2, 0.25) is 0 Å². The van der Waals surface area contributed by atoms with E-state index in [2.05, 4.69) is 0 Å². The predicted octanol–water partition coefficient (Wildman–Crippen LogP) is 2.41. The summed E-state index contributed by atoms with van der Waals surface area (Å²) in [6, 6.07) is 2.60. The molecule has 0 radical (unpaired) electrons. The SMILES string of the molecule is Cc1cc(N2CCCC2)c([N+](=O)[O-])cc1[N+](=O)[O-]. The second-order valence-electron chi connectivity index (χ2n) is 4.34. The van der Waals surface area contributed by atoms with Crippen molar-refractivity contribution in [3.8, 4) is 0 Å². The lowest BCUT2D eigenvalue weighted by Gasteiger charge is -2.17. The second-order valence-corrected chi connectivity index (χ2v) is 4.34. The van der Waals surface area contributed by atoms with Gasteiger partial charge in [-0.25, -0.2) is 0 Å². The maximum absolute atomic E-state index is 11.0. The van der Waals surface area contributed by atoms with Crippen molar-refractivity contribution in [2.75, 3.05) is 18.0 Å². The molecule has 18 heavy (non-hydrogen) atoms. The Kier molecular flexibility index (Phi) is 3.14. The molecule has 2 rings (SSSR count). The molecule has 1 aliphatic heterocycles. The number of benzene rings is 1. The molecule has 0 bridgehead atoms. The van der Waals surface area contributed by atoms with Crippen LogP contribution in [-0.4, -0.2) is 22.9 Å². The smallest absolute Gasteiger partial charge is 0.299 e. The first kappa shape index (κ1) is 12.3. The standard InChI is InChI=1S/C11H13N3O4/c1-8-6-10(12-4-2-3-5-12)11(14(17)18)7-9(8)13(15)16/h6-7H,2-5H2,1H3. The average molecular weight is 251 g/mol. The molecule has 1 saturated heterocycles. The largest absolute Gasteiger partial charge is 0.366 e. The van der Waals surface area contributed by atoms with Gasteiger partial charge in [-0.15, -0.1) is 0 Å². The number of hydrogen-bond acceptors (Lipinski definition) is 5. The number of nitro groups is 2. The van der Waals surface area contributed by atoms with Crippen molar-refractivity contribution in [3.05, 3.63) is 37.9 Å². The van der Waals surface area contributed by atoms with Crippen molar-refractivity contribution in [1.29, 1.82) is 0 Å². The minimum Gasteiger partial charge on any atom is -0.366 e. The van der Waals surface area contributed by atoms with Crippen LogP contribution in [0.5, 0.6) is 0 Å². The first-order chi connectivity index (χ1) is 8.50. The Morgan fingerprint density at radius 3 is 2.11 bits per heavy atom. The topological polar surface area (TPSA) is 89.5 Å². The molecular weight excluding hydrogens is 238 g/mol. The molecule has 7 heteroatoms. The summed E-state index contributed by atoms with van der Waals surface area (Å²) in [5.74, 6) is 0. The zero-order chi connectivity index (χ0) is 13.3. The van der Waals surface area contributed by atoms with Crippen molar-refractivity contribution in [3.63, 3.8) is 0 Å². The van der Waals surface area contributed by atoms with Crippen LogP contribution in [-0.2, 0) is 0 Å². The molecule has 1 aliphatic rings. The molecule has 0 aromatic heterocycles. The Bertz CT molecular complexity index is 509. The van der Waals surface area contributed by atoms with E-state index in [-0.39, 0.29) is 11.4 Å². The Labute approximate surface area is 103 Å². The lowest BCUT2D eigenvalue weighted by molar-refractivity contribution is -0.394. The molecule has 7 nitrogen and oxygen atoms in total. The van der Waals surface area contributed by atoms with Crippen LogP contribution in [0.3, 0.4) is 0 Å². The van der Waals surface area contributed by atoms with Crippen LogP contribution in [0.4, 0.5) is 17.1 Å². The Morgan fingerprint density at radius 2 is 1.61 bits per heavy atom. The van der Waals surface area contributed by atoms with Gasteiger partial charge in [-0.3, -0.25) is 20.2 Å². The van der Waals surface area contributed by atoms with Crippen LogP contribution in [0.25, 0.3) is 0 Å². The van der Waals surface area contributed by atoms with Gasteiger partial charge in [0.05, 0.1) is 15.9 Å². The summed E-state index contributed by atoms with van der Waals surface area (Å²) in [4.78, 5) is 22.6. The van der Waals surface area contributed by atoms with Gasteiger partial charge in [0, 0.05) is 18.7 Å². The van der Waals surface area contributed by atoms with E-state index >= 15 is 0 Å². The summed E-state index contributed by atoms with van der Waals surface area (Å²) in [6.45, 7) is 3.12. The normalized spacial score (nSPS) is 14.8. The zero-order valence-electron chi connectivity index (χ0n) is 9.96. The number of nitro benzene ring substituents is 2. The van der Waals surface area contributed by atoms with Gasteiger partial charge in [-0.05, 0) is 25.8 Å². The van der Waals surface area contributed by atoms with Crippen LogP contribution in [0.1, 0.15) is 18.4 Å². The molecule has 0 saturated carbocycles. The molecular formula is C11H13N3O4. The molecule has 1 aromatic rings. The van der Waals surface area contributed by atoms with Gasteiger partial charge in [-0.1, -0.05) is 0 Å². The fourth-order valence-electron chi connectivity index (χ4n) is 2.22. The van der Waals surface area contributed by atoms with Gasteiger partial charge in [0.25, 0.3) is 11.4 Å². The van der Waals surface area contributed by atoms with E-state index < -0.39 is 9.85 Å². The number of rotatable bonds is 3. The highest BCUT2D eigenvalue weighted by Gasteiger charge is 2.27. The second kappa shape index (κ2) is 4.59. The Morgan fingerprint density at radius 1 is 1.06 bits per heavy atom. The molecule has 1 aromatic carbocycles. The highest BCUT2D eigenvalue weighted by molar-refractivity contribution is 5.69. The average Bonchev–Trinajstić information content (AvgIpc) is 2.80. The third-order valence-electron chi connectivity index (χ3n) is 3.13. The molecule has 0 amide bonds. The molecule has 1 fully saturated rings. The molecule has 96 valence electrons. The van der Waals surface area contributed by atoms with Gasteiger partial charge in [0.2, 0.25) is 0 Å². The Balaban J connectivity index is 2.54. The number of hydrogen-bond donors (Lipinski definition) is 0. The van der Waals surface area contributed by atoms with Crippen molar-refractivity contribution in [2.24, 2.45) is 0 Å². The van der Waals surface area contributed by atoms with E-state index in [9.17, 15) is 20.2 Å². The van der Waals surface area contributed by atoms with Crippen LogP contribution in [0.15, 0.2) is 12.1 Å². The highest BCUT2D eigenvalue weighted by Crippen LogP contribution is 2.36. The summed E-state index contributed by atoms with van der Waals surface area (Å²) in [7, 11) is 0. The minimum atomic E-state index is -0.587. The minimum absolute atomic E-state index is 0.186.